The average molecular weight is 314 g/mol. The van der Waals surface area contributed by atoms with Crippen molar-refractivity contribution < 1.29 is 14.7 Å². The summed E-state index contributed by atoms with van der Waals surface area (Å²) in [6, 6.07) is -0.868. The van der Waals surface area contributed by atoms with Gasteiger partial charge >= 0.3 is 5.97 Å². The van der Waals surface area contributed by atoms with Crippen molar-refractivity contribution in [3.8, 4) is 0 Å². The number of hydrogen-bond donors (Lipinski definition) is 2. The minimum atomic E-state index is -1.03. The number of aromatic nitrogens is 2. The Morgan fingerprint density at radius 2 is 2.19 bits per heavy atom. The number of carbonyl (C=O) groups excluding carboxylic acids is 1. The van der Waals surface area contributed by atoms with Crippen LogP contribution in [0.3, 0.4) is 0 Å². The van der Waals surface area contributed by atoms with Crippen molar-refractivity contribution in [3.63, 3.8) is 0 Å². The highest BCUT2D eigenvalue weighted by molar-refractivity contribution is 6.31. The van der Waals surface area contributed by atoms with Crippen molar-refractivity contribution in [1.82, 2.24) is 15.1 Å². The second kappa shape index (κ2) is 7.83. The molecule has 0 saturated heterocycles. The normalized spacial score (nSPS) is 12.6. The summed E-state index contributed by atoms with van der Waals surface area (Å²) in [5.41, 5.74) is 1.35. The molecule has 21 heavy (non-hydrogen) atoms. The van der Waals surface area contributed by atoms with Crippen LogP contribution in [0.25, 0.3) is 6.08 Å². The molecule has 1 atom stereocenters. The number of aliphatic carboxylic acids is 1. The van der Waals surface area contributed by atoms with E-state index < -0.39 is 17.9 Å². The number of unbranched alkanes of at least 4 members (excludes halogenated alkanes) is 1. The Morgan fingerprint density at radius 1 is 1.52 bits per heavy atom. The zero-order valence-electron chi connectivity index (χ0n) is 12.4. The molecular formula is C14H20ClN3O3. The molecule has 1 aromatic heterocycles. The molecule has 1 amide bonds. The van der Waals surface area contributed by atoms with Gasteiger partial charge in [-0.1, -0.05) is 31.4 Å². The molecule has 0 aliphatic heterocycles. The Labute approximate surface area is 128 Å². The van der Waals surface area contributed by atoms with Gasteiger partial charge in [0, 0.05) is 18.7 Å². The van der Waals surface area contributed by atoms with E-state index in [1.54, 1.807) is 20.0 Å². The lowest BCUT2D eigenvalue weighted by Crippen LogP contribution is -2.39. The number of rotatable bonds is 7. The Balaban J connectivity index is 2.71. The smallest absolute Gasteiger partial charge is 0.326 e. The summed E-state index contributed by atoms with van der Waals surface area (Å²) in [5, 5.41) is 16.1. The fourth-order valence-corrected chi connectivity index (χ4v) is 2.12. The van der Waals surface area contributed by atoms with Gasteiger partial charge in [0.1, 0.15) is 11.2 Å². The standard InChI is InChI=1S/C14H20ClN3O3/c1-4-5-6-11(14(20)21)16-12(19)8-7-10-9(2)17-18(3)13(10)15/h7-8,11H,4-6H2,1-3H3,(H,16,19)(H,20,21)/b8-7+/t11-/m0/s1. The van der Waals surface area contributed by atoms with Crippen LogP contribution in [0.4, 0.5) is 0 Å². The van der Waals surface area contributed by atoms with Gasteiger partial charge in [-0.3, -0.25) is 9.48 Å². The highest BCUT2D eigenvalue weighted by Crippen LogP contribution is 2.19. The first-order chi connectivity index (χ1) is 9.86. The van der Waals surface area contributed by atoms with E-state index in [1.165, 1.54) is 10.8 Å². The van der Waals surface area contributed by atoms with Crippen LogP contribution in [0.5, 0.6) is 0 Å². The fraction of sp³-hybridized carbons (Fsp3) is 0.500. The number of carbonyl (C=O) groups is 2. The minimum absolute atomic E-state index is 0.415. The summed E-state index contributed by atoms with van der Waals surface area (Å²) >= 11 is 6.05. The van der Waals surface area contributed by atoms with Crippen molar-refractivity contribution in [2.45, 2.75) is 39.2 Å². The topological polar surface area (TPSA) is 84.2 Å². The molecule has 7 heteroatoms. The summed E-state index contributed by atoms with van der Waals surface area (Å²) < 4.78 is 1.51. The molecular weight excluding hydrogens is 294 g/mol. The Hall–Kier alpha value is -1.82. The molecule has 1 aromatic rings. The second-order valence-electron chi connectivity index (χ2n) is 4.79. The van der Waals surface area contributed by atoms with E-state index in [0.29, 0.717) is 22.8 Å². The van der Waals surface area contributed by atoms with Gasteiger partial charge in [0.25, 0.3) is 0 Å². The first-order valence-electron chi connectivity index (χ1n) is 6.77. The van der Waals surface area contributed by atoms with E-state index in [0.717, 1.165) is 12.8 Å². The molecule has 2 N–H and O–H groups in total. The average Bonchev–Trinajstić information content (AvgIpc) is 2.66. The molecule has 0 fully saturated rings. The first-order valence-corrected chi connectivity index (χ1v) is 7.15. The number of aryl methyl sites for hydroxylation is 2. The summed E-state index contributed by atoms with van der Waals surface area (Å²) in [4.78, 5) is 22.8. The van der Waals surface area contributed by atoms with Crippen LogP contribution in [0.2, 0.25) is 5.15 Å². The number of halogens is 1. The number of hydrogen-bond acceptors (Lipinski definition) is 3. The molecule has 1 heterocycles. The molecule has 6 nitrogen and oxygen atoms in total. The third-order valence-electron chi connectivity index (χ3n) is 3.06. The van der Waals surface area contributed by atoms with Crippen LogP contribution in [0.15, 0.2) is 6.08 Å². The lowest BCUT2D eigenvalue weighted by Gasteiger charge is -2.12. The van der Waals surface area contributed by atoms with Crippen LogP contribution >= 0.6 is 11.6 Å². The number of nitrogens with zero attached hydrogens (tertiary/aromatic N) is 2. The van der Waals surface area contributed by atoms with E-state index in [4.69, 9.17) is 16.7 Å². The molecule has 0 aromatic carbocycles. The van der Waals surface area contributed by atoms with Crippen molar-refractivity contribution in [1.29, 1.82) is 0 Å². The van der Waals surface area contributed by atoms with Gasteiger partial charge in [-0.25, -0.2) is 4.79 Å². The lowest BCUT2D eigenvalue weighted by molar-refractivity contribution is -0.141. The maximum absolute atomic E-state index is 11.8. The fourth-order valence-electron chi connectivity index (χ4n) is 1.88. The molecule has 0 aliphatic carbocycles. The highest BCUT2D eigenvalue weighted by atomic mass is 35.5. The quantitative estimate of drug-likeness (QED) is 0.755. The number of amides is 1. The third kappa shape index (κ3) is 4.90. The van der Waals surface area contributed by atoms with Crippen LogP contribution in [-0.2, 0) is 16.6 Å². The van der Waals surface area contributed by atoms with Crippen molar-refractivity contribution in [2.24, 2.45) is 7.05 Å². The van der Waals surface area contributed by atoms with Crippen molar-refractivity contribution >= 4 is 29.6 Å². The van der Waals surface area contributed by atoms with E-state index in [9.17, 15) is 9.59 Å². The monoisotopic (exact) mass is 313 g/mol. The number of carboxylic acid groups (broad SMARTS) is 1. The predicted octanol–water partition coefficient (Wildman–Crippen LogP) is 2.15. The Kier molecular flexibility index (Phi) is 6.42. The van der Waals surface area contributed by atoms with Gasteiger partial charge in [0.2, 0.25) is 5.91 Å². The van der Waals surface area contributed by atoms with E-state index >= 15 is 0 Å². The lowest BCUT2D eigenvalue weighted by atomic mass is 10.1. The third-order valence-corrected chi connectivity index (χ3v) is 3.51. The molecule has 1 rings (SSSR count). The molecule has 0 unspecified atom stereocenters. The maximum atomic E-state index is 11.8. The van der Waals surface area contributed by atoms with Gasteiger partial charge in [0.05, 0.1) is 5.69 Å². The summed E-state index contributed by atoms with van der Waals surface area (Å²) in [6.07, 6.45) is 4.85. The van der Waals surface area contributed by atoms with Crippen LogP contribution in [-0.4, -0.2) is 32.8 Å². The number of nitrogens with one attached hydrogen (secondary N) is 1. The van der Waals surface area contributed by atoms with Gasteiger partial charge in [-0.15, -0.1) is 0 Å². The van der Waals surface area contributed by atoms with Crippen LogP contribution < -0.4 is 5.32 Å². The van der Waals surface area contributed by atoms with E-state index in [1.807, 2.05) is 6.92 Å². The van der Waals surface area contributed by atoms with Gasteiger partial charge in [-0.05, 0) is 19.4 Å². The minimum Gasteiger partial charge on any atom is -0.480 e. The maximum Gasteiger partial charge on any atom is 0.326 e. The largest absolute Gasteiger partial charge is 0.480 e. The zero-order chi connectivity index (χ0) is 16.0. The second-order valence-corrected chi connectivity index (χ2v) is 5.15. The molecule has 0 spiro atoms. The van der Waals surface area contributed by atoms with Crippen molar-refractivity contribution in [2.75, 3.05) is 0 Å². The summed E-state index contributed by atoms with van der Waals surface area (Å²) in [5.74, 6) is -1.49. The predicted molar refractivity (Wildman–Crippen MR) is 81.1 cm³/mol. The Morgan fingerprint density at radius 3 is 2.67 bits per heavy atom. The van der Waals surface area contributed by atoms with Gasteiger partial charge < -0.3 is 10.4 Å². The summed E-state index contributed by atoms with van der Waals surface area (Å²) in [7, 11) is 1.71. The van der Waals surface area contributed by atoms with E-state index in [-0.39, 0.29) is 0 Å². The van der Waals surface area contributed by atoms with Crippen LogP contribution in [0.1, 0.15) is 37.4 Å². The summed E-state index contributed by atoms with van der Waals surface area (Å²) in [6.45, 7) is 3.75. The zero-order valence-corrected chi connectivity index (χ0v) is 13.1. The van der Waals surface area contributed by atoms with Crippen molar-refractivity contribution in [3.05, 3.63) is 22.5 Å². The van der Waals surface area contributed by atoms with Crippen LogP contribution in [0, 0.1) is 6.92 Å². The first kappa shape index (κ1) is 17.2. The Bertz CT molecular complexity index is 552. The highest BCUT2D eigenvalue weighted by Gasteiger charge is 2.18. The van der Waals surface area contributed by atoms with E-state index in [2.05, 4.69) is 10.4 Å². The molecule has 0 aliphatic rings. The molecule has 116 valence electrons. The SMILES string of the molecule is CCCC[C@H](NC(=O)/C=C/c1c(C)nn(C)c1Cl)C(=O)O. The molecule has 0 radical (unpaired) electrons. The van der Waals surface area contributed by atoms with Gasteiger partial charge in [0.15, 0.2) is 0 Å². The number of carboxylic acids is 1. The molecule has 0 saturated carbocycles. The van der Waals surface area contributed by atoms with Gasteiger partial charge in [-0.2, -0.15) is 5.10 Å². The molecule has 0 bridgehead atoms.